The SMILES string of the molecule is CC(C)(C)OC(=O)N1CCC2C[C@@H]1[C@]2(O)N1CCOC1. The second-order valence-corrected chi connectivity index (χ2v) is 6.99. The molecule has 2 bridgehead atoms. The maximum Gasteiger partial charge on any atom is 0.410 e. The van der Waals surface area contributed by atoms with Crippen LogP contribution in [0.25, 0.3) is 0 Å². The second kappa shape index (κ2) is 4.58. The number of hydrogen-bond acceptors (Lipinski definition) is 5. The molecule has 1 unspecified atom stereocenters. The van der Waals surface area contributed by atoms with Gasteiger partial charge in [-0.3, -0.25) is 0 Å². The lowest BCUT2D eigenvalue weighted by Crippen LogP contribution is -2.77. The fourth-order valence-electron chi connectivity index (χ4n) is 3.57. The summed E-state index contributed by atoms with van der Waals surface area (Å²) in [5.74, 6) is 0.243. The third-order valence-corrected chi connectivity index (χ3v) is 4.58. The number of piperidine rings is 2. The van der Waals surface area contributed by atoms with Gasteiger partial charge in [0.05, 0.1) is 12.6 Å². The monoisotopic (exact) mass is 284 g/mol. The topological polar surface area (TPSA) is 62.2 Å². The van der Waals surface area contributed by atoms with Gasteiger partial charge in [0.15, 0.2) is 0 Å². The number of hydrogen-bond donors (Lipinski definition) is 1. The van der Waals surface area contributed by atoms with Gasteiger partial charge in [-0.15, -0.1) is 0 Å². The molecule has 6 heteroatoms. The fourth-order valence-corrected chi connectivity index (χ4v) is 3.57. The molecule has 4 rings (SSSR count). The number of amides is 1. The normalized spacial score (nSPS) is 37.7. The first kappa shape index (κ1) is 14.1. The van der Waals surface area contributed by atoms with E-state index in [0.717, 1.165) is 19.4 Å². The van der Waals surface area contributed by atoms with E-state index in [4.69, 9.17) is 9.47 Å². The van der Waals surface area contributed by atoms with Crippen molar-refractivity contribution in [3.8, 4) is 0 Å². The molecule has 0 radical (unpaired) electrons. The Labute approximate surface area is 119 Å². The summed E-state index contributed by atoms with van der Waals surface area (Å²) in [4.78, 5) is 16.0. The molecular formula is C14H24N2O4. The molecule has 0 aromatic rings. The van der Waals surface area contributed by atoms with Crippen LogP contribution in [0, 0.1) is 5.92 Å². The molecule has 6 nitrogen and oxygen atoms in total. The van der Waals surface area contributed by atoms with Crippen LogP contribution in [0.15, 0.2) is 0 Å². The Bertz CT molecular complexity index is 400. The van der Waals surface area contributed by atoms with Crippen LogP contribution >= 0.6 is 0 Å². The summed E-state index contributed by atoms with van der Waals surface area (Å²) in [6.07, 6.45) is 1.36. The molecule has 3 heterocycles. The van der Waals surface area contributed by atoms with Crippen molar-refractivity contribution < 1.29 is 19.4 Å². The zero-order valence-electron chi connectivity index (χ0n) is 12.5. The third-order valence-electron chi connectivity index (χ3n) is 4.58. The predicted octanol–water partition coefficient (Wildman–Crippen LogP) is 0.994. The summed E-state index contributed by atoms with van der Waals surface area (Å²) in [7, 11) is 0. The lowest BCUT2D eigenvalue weighted by atomic mass is 9.64. The minimum Gasteiger partial charge on any atom is -0.444 e. The number of aliphatic hydroxyl groups is 1. The average Bonchev–Trinajstić information content (AvgIpc) is 2.89. The van der Waals surface area contributed by atoms with E-state index in [-0.39, 0.29) is 18.1 Å². The van der Waals surface area contributed by atoms with Gasteiger partial charge in [-0.1, -0.05) is 0 Å². The average molecular weight is 284 g/mol. The van der Waals surface area contributed by atoms with Gasteiger partial charge in [0, 0.05) is 19.0 Å². The van der Waals surface area contributed by atoms with E-state index < -0.39 is 11.3 Å². The lowest BCUT2D eigenvalue weighted by Gasteiger charge is -2.62. The Hall–Kier alpha value is -0.850. The molecule has 4 fully saturated rings. The quantitative estimate of drug-likeness (QED) is 0.778. The van der Waals surface area contributed by atoms with Crippen LogP contribution in [0.3, 0.4) is 0 Å². The van der Waals surface area contributed by atoms with Gasteiger partial charge in [-0.05, 0) is 33.6 Å². The molecule has 1 aliphatic carbocycles. The van der Waals surface area contributed by atoms with Crippen LogP contribution in [-0.2, 0) is 9.47 Å². The summed E-state index contributed by atoms with van der Waals surface area (Å²) in [6.45, 7) is 8.07. The molecule has 0 aromatic carbocycles. The largest absolute Gasteiger partial charge is 0.444 e. The van der Waals surface area contributed by atoms with Crippen LogP contribution in [0.5, 0.6) is 0 Å². The fraction of sp³-hybridized carbons (Fsp3) is 0.929. The molecule has 3 aliphatic heterocycles. The third kappa shape index (κ3) is 2.10. The molecule has 1 saturated carbocycles. The summed E-state index contributed by atoms with van der Waals surface area (Å²) < 4.78 is 10.8. The number of rotatable bonds is 1. The van der Waals surface area contributed by atoms with E-state index in [1.54, 1.807) is 4.90 Å². The molecule has 20 heavy (non-hydrogen) atoms. The Balaban J connectivity index is 1.73. The number of carbonyl (C=O) groups excluding carboxylic acids is 1. The van der Waals surface area contributed by atoms with Crippen LogP contribution in [0.1, 0.15) is 33.6 Å². The van der Waals surface area contributed by atoms with Crippen molar-refractivity contribution in [1.82, 2.24) is 9.80 Å². The number of carbonyl (C=O) groups is 1. The maximum atomic E-state index is 12.3. The standard InChI is InChI=1S/C14H24N2O4/c1-13(2,3)20-12(17)16-5-4-10-8-11(16)14(10,18)15-6-7-19-9-15/h10-11,18H,4-9H2,1-3H3/t10?,11-,14+/m1/s1. The zero-order chi connectivity index (χ0) is 14.5. The highest BCUT2D eigenvalue weighted by Gasteiger charge is 2.64. The minimum absolute atomic E-state index is 0.169. The van der Waals surface area contributed by atoms with Gasteiger partial charge in [0.25, 0.3) is 0 Å². The van der Waals surface area contributed by atoms with Crippen molar-refractivity contribution in [2.75, 3.05) is 26.4 Å². The summed E-state index contributed by atoms with van der Waals surface area (Å²) in [6, 6.07) is -0.169. The zero-order valence-corrected chi connectivity index (χ0v) is 12.5. The molecule has 114 valence electrons. The summed E-state index contributed by atoms with van der Waals surface area (Å²) >= 11 is 0. The highest BCUT2D eigenvalue weighted by molar-refractivity contribution is 5.69. The molecule has 0 spiro atoms. The molecule has 1 amide bonds. The lowest BCUT2D eigenvalue weighted by molar-refractivity contribution is -0.272. The van der Waals surface area contributed by atoms with E-state index in [0.29, 0.717) is 19.9 Å². The van der Waals surface area contributed by atoms with Crippen LogP contribution < -0.4 is 0 Å². The molecule has 3 atom stereocenters. The minimum atomic E-state index is -0.925. The van der Waals surface area contributed by atoms with E-state index in [9.17, 15) is 9.90 Å². The van der Waals surface area contributed by atoms with E-state index in [2.05, 4.69) is 0 Å². The Morgan fingerprint density at radius 2 is 2.15 bits per heavy atom. The van der Waals surface area contributed by atoms with Crippen LogP contribution in [0.2, 0.25) is 0 Å². The summed E-state index contributed by atoms with van der Waals surface area (Å²) in [5.41, 5.74) is -1.43. The molecule has 0 aromatic heterocycles. The van der Waals surface area contributed by atoms with Gasteiger partial charge >= 0.3 is 6.09 Å². The van der Waals surface area contributed by atoms with E-state index in [1.807, 2.05) is 25.7 Å². The van der Waals surface area contributed by atoms with Crippen molar-refractivity contribution in [3.63, 3.8) is 0 Å². The highest BCUT2D eigenvalue weighted by atomic mass is 16.6. The van der Waals surface area contributed by atoms with Crippen molar-refractivity contribution in [2.24, 2.45) is 5.92 Å². The Morgan fingerprint density at radius 1 is 1.40 bits per heavy atom. The first-order chi connectivity index (χ1) is 9.32. The Kier molecular flexibility index (Phi) is 3.23. The van der Waals surface area contributed by atoms with Crippen molar-refractivity contribution in [2.45, 2.75) is 51.0 Å². The van der Waals surface area contributed by atoms with Gasteiger partial charge in [-0.25, -0.2) is 9.69 Å². The van der Waals surface area contributed by atoms with E-state index >= 15 is 0 Å². The number of nitrogens with zero attached hydrogens (tertiary/aromatic N) is 2. The van der Waals surface area contributed by atoms with Crippen molar-refractivity contribution in [3.05, 3.63) is 0 Å². The van der Waals surface area contributed by atoms with Gasteiger partial charge in [-0.2, -0.15) is 0 Å². The van der Waals surface area contributed by atoms with Crippen molar-refractivity contribution in [1.29, 1.82) is 0 Å². The van der Waals surface area contributed by atoms with Gasteiger partial charge < -0.3 is 19.5 Å². The first-order valence-corrected chi connectivity index (χ1v) is 7.37. The first-order valence-electron chi connectivity index (χ1n) is 7.37. The molecule has 1 N–H and O–H groups in total. The molecule has 4 aliphatic rings. The predicted molar refractivity (Wildman–Crippen MR) is 71.9 cm³/mol. The Morgan fingerprint density at radius 3 is 2.70 bits per heavy atom. The van der Waals surface area contributed by atoms with Gasteiger partial charge in [0.1, 0.15) is 18.1 Å². The van der Waals surface area contributed by atoms with E-state index in [1.165, 1.54) is 0 Å². The molecular weight excluding hydrogens is 260 g/mol. The van der Waals surface area contributed by atoms with Gasteiger partial charge in [0.2, 0.25) is 0 Å². The van der Waals surface area contributed by atoms with Crippen LogP contribution in [0.4, 0.5) is 4.79 Å². The number of fused-ring (bicyclic) bond motifs is 2. The number of ether oxygens (including phenoxy) is 2. The second-order valence-electron chi connectivity index (χ2n) is 6.99. The van der Waals surface area contributed by atoms with Crippen LogP contribution in [-0.4, -0.2) is 64.8 Å². The van der Waals surface area contributed by atoms with Crippen molar-refractivity contribution >= 4 is 6.09 Å². The highest BCUT2D eigenvalue weighted by Crippen LogP contribution is 2.50. The maximum absolute atomic E-state index is 12.3. The smallest absolute Gasteiger partial charge is 0.410 e. The summed E-state index contributed by atoms with van der Waals surface area (Å²) in [5, 5.41) is 11.0. The molecule has 3 saturated heterocycles.